The summed E-state index contributed by atoms with van der Waals surface area (Å²) in [6, 6.07) is 0.604. The van der Waals surface area contributed by atoms with Crippen molar-refractivity contribution in [2.75, 3.05) is 59.9 Å². The first-order chi connectivity index (χ1) is 9.16. The molecule has 2 aliphatic rings. The number of hydrogen-bond donors (Lipinski definition) is 1. The number of likely N-dealkylation sites (N-methyl/N-ethyl adjacent to an activating group) is 1. The van der Waals surface area contributed by atoms with Crippen molar-refractivity contribution in [3.8, 4) is 0 Å². The van der Waals surface area contributed by atoms with Gasteiger partial charge in [-0.3, -0.25) is 9.69 Å². The summed E-state index contributed by atoms with van der Waals surface area (Å²) in [6.07, 6.45) is 3.54. The average Bonchev–Trinajstić information content (AvgIpc) is 2.68. The maximum Gasteiger partial charge on any atom is 0.236 e. The third kappa shape index (κ3) is 4.44. The molecule has 0 spiro atoms. The Hall–Kier alpha value is -0.650. The minimum absolute atomic E-state index is 0.308. The molecule has 2 aliphatic heterocycles. The normalized spacial score (nSPS) is 26.5. The van der Waals surface area contributed by atoms with Crippen molar-refractivity contribution < 1.29 is 4.79 Å². The lowest BCUT2D eigenvalue weighted by Crippen LogP contribution is -2.49. The highest BCUT2D eigenvalue weighted by Crippen LogP contribution is 2.13. The maximum atomic E-state index is 12.3. The van der Waals surface area contributed by atoms with Gasteiger partial charge in [0, 0.05) is 32.2 Å². The fraction of sp³-hybridized carbons (Fsp3) is 0.929. The lowest BCUT2D eigenvalue weighted by molar-refractivity contribution is -0.132. The van der Waals surface area contributed by atoms with Crippen LogP contribution >= 0.6 is 0 Å². The molecule has 1 N–H and O–H groups in total. The van der Waals surface area contributed by atoms with Crippen molar-refractivity contribution in [3.63, 3.8) is 0 Å². The number of rotatable bonds is 3. The Morgan fingerprint density at radius 1 is 1.21 bits per heavy atom. The Morgan fingerprint density at radius 3 is 2.84 bits per heavy atom. The molecule has 2 rings (SSSR count). The van der Waals surface area contributed by atoms with Crippen molar-refractivity contribution in [3.05, 3.63) is 0 Å². The van der Waals surface area contributed by atoms with Gasteiger partial charge in [-0.15, -0.1) is 0 Å². The van der Waals surface area contributed by atoms with Crippen LogP contribution in [0.1, 0.15) is 19.3 Å². The Kier molecular flexibility index (Phi) is 5.60. The van der Waals surface area contributed by atoms with Gasteiger partial charge in [0.15, 0.2) is 0 Å². The molecule has 2 saturated heterocycles. The van der Waals surface area contributed by atoms with Gasteiger partial charge in [0.2, 0.25) is 5.91 Å². The largest absolute Gasteiger partial charge is 0.340 e. The zero-order valence-corrected chi connectivity index (χ0v) is 12.4. The van der Waals surface area contributed by atoms with Crippen LogP contribution in [0.2, 0.25) is 0 Å². The topological polar surface area (TPSA) is 38.8 Å². The minimum Gasteiger partial charge on any atom is -0.340 e. The van der Waals surface area contributed by atoms with E-state index < -0.39 is 0 Å². The molecule has 110 valence electrons. The number of piperidine rings is 1. The fourth-order valence-electron chi connectivity index (χ4n) is 2.98. The van der Waals surface area contributed by atoms with Gasteiger partial charge in [-0.05, 0) is 46.4 Å². The van der Waals surface area contributed by atoms with Gasteiger partial charge in [-0.1, -0.05) is 0 Å². The first-order valence-electron chi connectivity index (χ1n) is 7.54. The van der Waals surface area contributed by atoms with E-state index in [0.717, 1.165) is 45.7 Å². The summed E-state index contributed by atoms with van der Waals surface area (Å²) in [5, 5.41) is 3.34. The Balaban J connectivity index is 1.80. The van der Waals surface area contributed by atoms with Gasteiger partial charge >= 0.3 is 0 Å². The highest BCUT2D eigenvalue weighted by atomic mass is 16.2. The van der Waals surface area contributed by atoms with Gasteiger partial charge < -0.3 is 15.1 Å². The zero-order valence-electron chi connectivity index (χ0n) is 12.4. The molecule has 0 radical (unpaired) electrons. The highest BCUT2D eigenvalue weighted by molar-refractivity contribution is 5.78. The first-order valence-corrected chi connectivity index (χ1v) is 7.54. The van der Waals surface area contributed by atoms with Crippen LogP contribution in [-0.4, -0.2) is 86.6 Å². The average molecular weight is 268 g/mol. The number of carbonyl (C=O) groups is 1. The standard InChI is InChI=1S/C14H28N4O/c1-16(2)13-5-3-8-17(11-13)12-14(19)18-9-4-6-15-7-10-18/h13,15H,3-12H2,1-2H3. The Morgan fingerprint density at radius 2 is 2.05 bits per heavy atom. The van der Waals surface area contributed by atoms with E-state index >= 15 is 0 Å². The van der Waals surface area contributed by atoms with E-state index in [-0.39, 0.29) is 0 Å². The predicted molar refractivity (Wildman–Crippen MR) is 77.2 cm³/mol. The van der Waals surface area contributed by atoms with Gasteiger partial charge in [0.1, 0.15) is 0 Å². The van der Waals surface area contributed by atoms with E-state index in [1.165, 1.54) is 12.8 Å². The summed E-state index contributed by atoms with van der Waals surface area (Å²) in [6.45, 7) is 6.46. The summed E-state index contributed by atoms with van der Waals surface area (Å²) >= 11 is 0. The van der Waals surface area contributed by atoms with Crippen LogP contribution in [0.4, 0.5) is 0 Å². The Labute approximate surface area is 116 Å². The maximum absolute atomic E-state index is 12.3. The van der Waals surface area contributed by atoms with Crippen molar-refractivity contribution in [2.24, 2.45) is 0 Å². The van der Waals surface area contributed by atoms with Crippen molar-refractivity contribution in [2.45, 2.75) is 25.3 Å². The molecule has 5 heteroatoms. The molecule has 5 nitrogen and oxygen atoms in total. The van der Waals surface area contributed by atoms with E-state index in [1.54, 1.807) is 0 Å². The molecule has 1 unspecified atom stereocenters. The van der Waals surface area contributed by atoms with Crippen LogP contribution in [0.25, 0.3) is 0 Å². The summed E-state index contributed by atoms with van der Waals surface area (Å²) in [5.74, 6) is 0.308. The van der Waals surface area contributed by atoms with Crippen molar-refractivity contribution >= 4 is 5.91 Å². The molecule has 0 aromatic rings. The second-order valence-corrected chi connectivity index (χ2v) is 5.98. The quantitative estimate of drug-likeness (QED) is 0.772. The van der Waals surface area contributed by atoms with Crippen molar-refractivity contribution in [1.82, 2.24) is 20.0 Å². The smallest absolute Gasteiger partial charge is 0.236 e. The predicted octanol–water partition coefficient (Wildman–Crippen LogP) is -0.166. The molecule has 19 heavy (non-hydrogen) atoms. The molecule has 2 heterocycles. The number of hydrogen-bond acceptors (Lipinski definition) is 4. The SMILES string of the molecule is CN(C)C1CCCN(CC(=O)N2CCCNCC2)C1. The number of carbonyl (C=O) groups excluding carboxylic acids is 1. The number of nitrogens with zero attached hydrogens (tertiary/aromatic N) is 3. The van der Waals surface area contributed by atoms with Crippen LogP contribution in [0.5, 0.6) is 0 Å². The van der Waals surface area contributed by atoms with Crippen LogP contribution in [0.3, 0.4) is 0 Å². The zero-order chi connectivity index (χ0) is 13.7. The molecule has 2 fully saturated rings. The fourth-order valence-corrected chi connectivity index (χ4v) is 2.98. The summed E-state index contributed by atoms with van der Waals surface area (Å²) in [5.41, 5.74) is 0. The molecule has 0 saturated carbocycles. The van der Waals surface area contributed by atoms with Crippen LogP contribution in [-0.2, 0) is 4.79 Å². The van der Waals surface area contributed by atoms with Crippen LogP contribution in [0.15, 0.2) is 0 Å². The first kappa shape index (κ1) is 14.8. The lowest BCUT2D eigenvalue weighted by Gasteiger charge is -2.36. The highest BCUT2D eigenvalue weighted by Gasteiger charge is 2.24. The van der Waals surface area contributed by atoms with Crippen molar-refractivity contribution in [1.29, 1.82) is 0 Å². The molecule has 0 aromatic carbocycles. The second-order valence-electron chi connectivity index (χ2n) is 5.98. The molecule has 0 aromatic heterocycles. The van der Waals surface area contributed by atoms with E-state index in [9.17, 15) is 4.79 Å². The molecular weight excluding hydrogens is 240 g/mol. The van der Waals surface area contributed by atoms with Gasteiger partial charge in [-0.25, -0.2) is 0 Å². The van der Waals surface area contributed by atoms with Gasteiger partial charge in [0.25, 0.3) is 0 Å². The summed E-state index contributed by atoms with van der Waals surface area (Å²) in [7, 11) is 4.27. The van der Waals surface area contributed by atoms with E-state index in [2.05, 4.69) is 29.2 Å². The summed E-state index contributed by atoms with van der Waals surface area (Å²) in [4.78, 5) is 19.0. The van der Waals surface area contributed by atoms with Crippen LogP contribution < -0.4 is 5.32 Å². The van der Waals surface area contributed by atoms with E-state index in [0.29, 0.717) is 18.5 Å². The monoisotopic (exact) mass is 268 g/mol. The number of amides is 1. The molecular formula is C14H28N4O. The third-order valence-corrected chi connectivity index (χ3v) is 4.26. The van der Waals surface area contributed by atoms with Gasteiger partial charge in [0.05, 0.1) is 6.54 Å². The second kappa shape index (κ2) is 7.22. The molecule has 0 aliphatic carbocycles. The third-order valence-electron chi connectivity index (χ3n) is 4.26. The lowest BCUT2D eigenvalue weighted by atomic mass is 10.0. The minimum atomic E-state index is 0.308. The number of nitrogens with one attached hydrogen (secondary N) is 1. The summed E-state index contributed by atoms with van der Waals surface area (Å²) < 4.78 is 0. The molecule has 1 amide bonds. The van der Waals surface area contributed by atoms with Gasteiger partial charge in [-0.2, -0.15) is 0 Å². The van der Waals surface area contributed by atoms with E-state index in [1.807, 2.05) is 4.90 Å². The molecule has 0 bridgehead atoms. The number of likely N-dealkylation sites (tertiary alicyclic amines) is 1. The Bertz CT molecular complexity index is 287. The van der Waals surface area contributed by atoms with E-state index in [4.69, 9.17) is 0 Å². The van der Waals surface area contributed by atoms with Crippen LogP contribution in [0, 0.1) is 0 Å². The molecule has 1 atom stereocenters.